The van der Waals surface area contributed by atoms with Crippen molar-refractivity contribution >= 4 is 76.5 Å². The van der Waals surface area contributed by atoms with Crippen LogP contribution < -0.4 is 0 Å². The van der Waals surface area contributed by atoms with E-state index in [-0.39, 0.29) is 0 Å². The molecular formula is C58H34N2O2. The lowest BCUT2D eigenvalue weighted by molar-refractivity contribution is 0.663. The highest BCUT2D eigenvalue weighted by Crippen LogP contribution is 2.43. The minimum absolute atomic E-state index is 0.832. The van der Waals surface area contributed by atoms with Crippen molar-refractivity contribution in [3.05, 3.63) is 206 Å². The molecule has 3 heterocycles. The Hall–Kier alpha value is -8.34. The Morgan fingerprint density at radius 3 is 1.45 bits per heavy atom. The van der Waals surface area contributed by atoms with Crippen LogP contribution in [-0.4, -0.2) is 9.97 Å². The summed E-state index contributed by atoms with van der Waals surface area (Å²) in [6.07, 6.45) is 1.91. The summed E-state index contributed by atoms with van der Waals surface area (Å²) >= 11 is 0. The summed E-state index contributed by atoms with van der Waals surface area (Å²) in [5, 5.41) is 8.88. The second kappa shape index (κ2) is 13.6. The molecule has 0 saturated heterocycles. The van der Waals surface area contributed by atoms with Crippen molar-refractivity contribution in [2.24, 2.45) is 0 Å². The number of benzene rings is 10. The van der Waals surface area contributed by atoms with Crippen LogP contribution in [0.5, 0.6) is 0 Å². The van der Waals surface area contributed by atoms with E-state index in [0.717, 1.165) is 121 Å². The van der Waals surface area contributed by atoms with Crippen LogP contribution in [0.25, 0.3) is 132 Å². The van der Waals surface area contributed by atoms with Crippen molar-refractivity contribution in [3.63, 3.8) is 0 Å². The van der Waals surface area contributed by atoms with Gasteiger partial charge in [-0.25, -0.2) is 4.98 Å². The normalized spacial score (nSPS) is 11.9. The number of para-hydroxylation sites is 2. The molecule has 0 unspecified atom stereocenters. The van der Waals surface area contributed by atoms with Crippen molar-refractivity contribution < 1.29 is 8.83 Å². The van der Waals surface area contributed by atoms with Crippen LogP contribution in [0.2, 0.25) is 0 Å². The maximum atomic E-state index is 6.80. The van der Waals surface area contributed by atoms with Gasteiger partial charge in [-0.05, 0) is 92.2 Å². The van der Waals surface area contributed by atoms with E-state index >= 15 is 0 Å². The van der Waals surface area contributed by atoms with E-state index in [1.165, 1.54) is 10.8 Å². The number of fused-ring (bicyclic) bond motifs is 13. The lowest BCUT2D eigenvalue weighted by Gasteiger charge is -2.12. The summed E-state index contributed by atoms with van der Waals surface area (Å²) in [4.78, 5) is 10.3. The summed E-state index contributed by atoms with van der Waals surface area (Å²) in [5.74, 6) is 0. The topological polar surface area (TPSA) is 52.1 Å². The molecule has 13 aromatic rings. The Morgan fingerprint density at radius 1 is 0.306 bits per heavy atom. The number of furan rings is 2. The third kappa shape index (κ3) is 5.40. The molecule has 4 nitrogen and oxygen atoms in total. The maximum Gasteiger partial charge on any atom is 0.147 e. The third-order valence-corrected chi connectivity index (χ3v) is 12.5. The predicted octanol–water partition coefficient (Wildman–Crippen LogP) is 16.1. The van der Waals surface area contributed by atoms with Crippen molar-refractivity contribution in [2.75, 3.05) is 0 Å². The average molecular weight is 791 g/mol. The first-order valence-electron chi connectivity index (χ1n) is 21.0. The molecule has 3 aromatic heterocycles. The number of hydrogen-bond acceptors (Lipinski definition) is 4. The monoisotopic (exact) mass is 790 g/mol. The zero-order chi connectivity index (χ0) is 40.7. The Balaban J connectivity index is 0.844. The van der Waals surface area contributed by atoms with Crippen molar-refractivity contribution in [3.8, 4) is 55.8 Å². The summed E-state index contributed by atoms with van der Waals surface area (Å²) in [6, 6.07) is 70.7. The molecule has 0 bridgehead atoms. The van der Waals surface area contributed by atoms with Gasteiger partial charge in [0.05, 0.1) is 28.3 Å². The standard InChI is InChI=1S/C58H34N2O2/c1-3-22-46-44(20-1)45-21-2-4-23-47(45)56-55(46)59-34-51(60-56)42-19-10-17-40(33-42)38-15-8-13-36(31-38)35-12-7-14-37(30-35)39-16-9-18-41(32-39)43-25-11-26-48-49-28-29-53-54(58(49)62-57(43)48)50-24-5-6-27-52(50)61-53/h1-34H. The highest BCUT2D eigenvalue weighted by Gasteiger charge is 2.19. The van der Waals surface area contributed by atoms with E-state index in [9.17, 15) is 0 Å². The minimum Gasteiger partial charge on any atom is -0.456 e. The smallest absolute Gasteiger partial charge is 0.147 e. The van der Waals surface area contributed by atoms with E-state index in [4.69, 9.17) is 18.8 Å². The Morgan fingerprint density at radius 2 is 0.790 bits per heavy atom. The maximum absolute atomic E-state index is 6.80. The average Bonchev–Trinajstić information content (AvgIpc) is 3.93. The molecule has 4 heteroatoms. The lowest BCUT2D eigenvalue weighted by atomic mass is 9.94. The summed E-state index contributed by atoms with van der Waals surface area (Å²) in [6.45, 7) is 0. The van der Waals surface area contributed by atoms with Crippen molar-refractivity contribution in [1.82, 2.24) is 9.97 Å². The van der Waals surface area contributed by atoms with Gasteiger partial charge in [0.1, 0.15) is 22.3 Å². The molecule has 0 saturated carbocycles. The summed E-state index contributed by atoms with van der Waals surface area (Å²) in [5.41, 5.74) is 16.2. The third-order valence-electron chi connectivity index (χ3n) is 12.5. The Labute approximate surface area is 356 Å². The van der Waals surface area contributed by atoms with Gasteiger partial charge in [-0.3, -0.25) is 4.98 Å². The van der Waals surface area contributed by atoms with E-state index in [0.29, 0.717) is 0 Å². The van der Waals surface area contributed by atoms with Crippen LogP contribution in [-0.2, 0) is 0 Å². The van der Waals surface area contributed by atoms with E-state index < -0.39 is 0 Å². The fourth-order valence-corrected chi connectivity index (χ4v) is 9.53. The molecule has 10 aromatic carbocycles. The van der Waals surface area contributed by atoms with Crippen LogP contribution in [0.4, 0.5) is 0 Å². The fourth-order valence-electron chi connectivity index (χ4n) is 9.53. The number of nitrogens with zero attached hydrogens (tertiary/aromatic N) is 2. The SMILES string of the molecule is c1cc(-c2cccc(-c3cccc(-c4cccc5c4oc4c5ccc5oc6ccccc6c54)c3)c2)cc(-c2cccc(-c3cnc4c5ccccc5c5ccccc5c4n3)c2)c1. The van der Waals surface area contributed by atoms with Gasteiger partial charge in [0.2, 0.25) is 0 Å². The molecule has 0 N–H and O–H groups in total. The predicted molar refractivity (Wildman–Crippen MR) is 256 cm³/mol. The van der Waals surface area contributed by atoms with Crippen molar-refractivity contribution in [2.45, 2.75) is 0 Å². The van der Waals surface area contributed by atoms with E-state index in [1.54, 1.807) is 0 Å². The quantitative estimate of drug-likeness (QED) is 0.163. The van der Waals surface area contributed by atoms with Gasteiger partial charge in [-0.2, -0.15) is 0 Å². The van der Waals surface area contributed by atoms with Gasteiger partial charge >= 0.3 is 0 Å². The largest absolute Gasteiger partial charge is 0.456 e. The number of aromatic nitrogens is 2. The highest BCUT2D eigenvalue weighted by atomic mass is 16.3. The second-order valence-corrected chi connectivity index (χ2v) is 16.1. The molecule has 0 aliphatic heterocycles. The molecule has 0 atom stereocenters. The van der Waals surface area contributed by atoms with Gasteiger partial charge in [-0.15, -0.1) is 0 Å². The molecule has 0 aliphatic rings. The Bertz CT molecular complexity index is 3910. The molecule has 13 rings (SSSR count). The molecule has 0 fully saturated rings. The zero-order valence-electron chi connectivity index (χ0n) is 33.3. The van der Waals surface area contributed by atoms with Crippen LogP contribution in [0, 0.1) is 0 Å². The van der Waals surface area contributed by atoms with Crippen LogP contribution in [0.3, 0.4) is 0 Å². The first kappa shape index (κ1) is 34.5. The van der Waals surface area contributed by atoms with Crippen LogP contribution >= 0.6 is 0 Å². The molecule has 62 heavy (non-hydrogen) atoms. The first-order valence-corrected chi connectivity index (χ1v) is 21.0. The van der Waals surface area contributed by atoms with Gasteiger partial charge in [0.25, 0.3) is 0 Å². The number of rotatable bonds is 5. The fraction of sp³-hybridized carbons (Fsp3) is 0. The minimum atomic E-state index is 0.832. The van der Waals surface area contributed by atoms with Gasteiger partial charge in [-0.1, -0.05) is 158 Å². The molecule has 0 spiro atoms. The van der Waals surface area contributed by atoms with Crippen molar-refractivity contribution in [1.29, 1.82) is 0 Å². The van der Waals surface area contributed by atoms with E-state index in [1.807, 2.05) is 24.4 Å². The summed E-state index contributed by atoms with van der Waals surface area (Å²) in [7, 11) is 0. The zero-order valence-corrected chi connectivity index (χ0v) is 33.3. The first-order chi connectivity index (χ1) is 30.7. The number of hydrogen-bond donors (Lipinski definition) is 0. The van der Waals surface area contributed by atoms with Gasteiger partial charge in [0.15, 0.2) is 0 Å². The molecular weight excluding hydrogens is 757 g/mol. The molecule has 0 aliphatic carbocycles. The highest BCUT2D eigenvalue weighted by molar-refractivity contribution is 6.24. The second-order valence-electron chi connectivity index (χ2n) is 16.1. The lowest BCUT2D eigenvalue weighted by Crippen LogP contribution is -1.92. The Kier molecular flexibility index (Phi) is 7.57. The molecule has 0 amide bonds. The van der Waals surface area contributed by atoms with Gasteiger partial charge in [0, 0.05) is 38.1 Å². The molecule has 0 radical (unpaired) electrons. The summed E-state index contributed by atoms with van der Waals surface area (Å²) < 4.78 is 13.0. The van der Waals surface area contributed by atoms with Crippen LogP contribution in [0.1, 0.15) is 0 Å². The van der Waals surface area contributed by atoms with Crippen LogP contribution in [0.15, 0.2) is 215 Å². The van der Waals surface area contributed by atoms with Gasteiger partial charge < -0.3 is 8.83 Å². The van der Waals surface area contributed by atoms with E-state index in [2.05, 4.69) is 182 Å². The molecule has 288 valence electrons.